The molecule has 4 heteroatoms. The average molecular weight is 287 g/mol. The molecule has 0 fully saturated rings. The van der Waals surface area contributed by atoms with Crippen molar-refractivity contribution in [3.63, 3.8) is 0 Å². The van der Waals surface area contributed by atoms with Crippen molar-refractivity contribution in [1.29, 1.82) is 0 Å². The predicted molar refractivity (Wildman–Crippen MR) is 85.8 cm³/mol. The van der Waals surface area contributed by atoms with Gasteiger partial charge in [-0.05, 0) is 18.6 Å². The molecule has 0 aliphatic carbocycles. The highest BCUT2D eigenvalue weighted by atomic mass is 16.5. The maximum Gasteiger partial charge on any atom is 0.226 e. The minimum atomic E-state index is 0.625. The fraction of sp³-hybridized carbons (Fsp3) is 0.529. The highest BCUT2D eigenvalue weighted by Gasteiger charge is 2.08. The van der Waals surface area contributed by atoms with E-state index < -0.39 is 0 Å². The van der Waals surface area contributed by atoms with Gasteiger partial charge in [0, 0.05) is 17.7 Å². The highest BCUT2D eigenvalue weighted by molar-refractivity contribution is 5.60. The SMILES string of the molecule is CCCCCCCCCc1nc(-c2cccc(N)c2)no1. The van der Waals surface area contributed by atoms with Crippen molar-refractivity contribution < 1.29 is 4.52 Å². The molecule has 4 nitrogen and oxygen atoms in total. The Kier molecular flexibility index (Phi) is 6.25. The Labute approximate surface area is 126 Å². The van der Waals surface area contributed by atoms with Gasteiger partial charge in [-0.15, -0.1) is 0 Å². The summed E-state index contributed by atoms with van der Waals surface area (Å²) in [6.45, 7) is 2.24. The number of nitrogens with zero attached hydrogens (tertiary/aromatic N) is 2. The van der Waals surface area contributed by atoms with Crippen molar-refractivity contribution in [1.82, 2.24) is 10.1 Å². The van der Waals surface area contributed by atoms with Crippen LogP contribution in [0.3, 0.4) is 0 Å². The molecule has 2 N–H and O–H groups in total. The summed E-state index contributed by atoms with van der Waals surface area (Å²) in [5.41, 5.74) is 7.39. The number of aromatic nitrogens is 2. The van der Waals surface area contributed by atoms with Gasteiger partial charge in [-0.3, -0.25) is 0 Å². The van der Waals surface area contributed by atoms with Gasteiger partial charge in [0.15, 0.2) is 0 Å². The average Bonchev–Trinajstić information content (AvgIpc) is 2.95. The molecular weight excluding hydrogens is 262 g/mol. The first kappa shape index (κ1) is 15.5. The van der Waals surface area contributed by atoms with Crippen LogP contribution in [0.4, 0.5) is 5.69 Å². The van der Waals surface area contributed by atoms with Crippen molar-refractivity contribution in [3.05, 3.63) is 30.2 Å². The molecular formula is C17H25N3O. The molecule has 0 spiro atoms. The number of benzene rings is 1. The van der Waals surface area contributed by atoms with Gasteiger partial charge in [-0.25, -0.2) is 0 Å². The van der Waals surface area contributed by atoms with Crippen molar-refractivity contribution in [2.45, 2.75) is 58.3 Å². The van der Waals surface area contributed by atoms with E-state index in [1.807, 2.05) is 24.3 Å². The first-order valence-electron chi connectivity index (χ1n) is 7.98. The van der Waals surface area contributed by atoms with Crippen molar-refractivity contribution in [2.75, 3.05) is 5.73 Å². The summed E-state index contributed by atoms with van der Waals surface area (Å²) in [5.74, 6) is 1.35. The largest absolute Gasteiger partial charge is 0.399 e. The second-order valence-electron chi connectivity index (χ2n) is 5.51. The van der Waals surface area contributed by atoms with Gasteiger partial charge in [0.05, 0.1) is 0 Å². The molecule has 0 saturated heterocycles. The first-order chi connectivity index (χ1) is 10.3. The Morgan fingerprint density at radius 1 is 1.05 bits per heavy atom. The third-order valence-electron chi connectivity index (χ3n) is 3.61. The number of rotatable bonds is 9. The zero-order valence-electron chi connectivity index (χ0n) is 12.8. The molecule has 1 heterocycles. The van der Waals surface area contributed by atoms with Gasteiger partial charge in [-0.2, -0.15) is 4.98 Å². The maximum absolute atomic E-state index is 5.76. The normalized spacial score (nSPS) is 10.9. The fourth-order valence-electron chi connectivity index (χ4n) is 2.38. The summed E-state index contributed by atoms with van der Waals surface area (Å²) in [4.78, 5) is 4.44. The Morgan fingerprint density at radius 2 is 1.81 bits per heavy atom. The van der Waals surface area contributed by atoms with Gasteiger partial charge in [-0.1, -0.05) is 62.7 Å². The Morgan fingerprint density at radius 3 is 2.57 bits per heavy atom. The summed E-state index contributed by atoms with van der Waals surface area (Å²) < 4.78 is 5.30. The zero-order valence-corrected chi connectivity index (χ0v) is 12.8. The van der Waals surface area contributed by atoms with Crippen LogP contribution in [0, 0.1) is 0 Å². The van der Waals surface area contributed by atoms with Gasteiger partial charge >= 0.3 is 0 Å². The molecule has 0 bridgehead atoms. The monoisotopic (exact) mass is 287 g/mol. The number of hydrogen-bond acceptors (Lipinski definition) is 4. The third-order valence-corrected chi connectivity index (χ3v) is 3.61. The zero-order chi connectivity index (χ0) is 14.9. The molecule has 2 aromatic rings. The van der Waals surface area contributed by atoms with Crippen LogP contribution in [0.15, 0.2) is 28.8 Å². The van der Waals surface area contributed by atoms with Crippen LogP contribution in [-0.2, 0) is 6.42 Å². The van der Waals surface area contributed by atoms with Crippen LogP contribution in [0.1, 0.15) is 57.8 Å². The van der Waals surface area contributed by atoms with E-state index in [1.54, 1.807) is 0 Å². The van der Waals surface area contributed by atoms with E-state index in [0.29, 0.717) is 11.5 Å². The van der Waals surface area contributed by atoms with Crippen LogP contribution in [0.5, 0.6) is 0 Å². The smallest absolute Gasteiger partial charge is 0.226 e. The van der Waals surface area contributed by atoms with Gasteiger partial charge in [0.1, 0.15) is 0 Å². The Balaban J connectivity index is 1.73. The predicted octanol–water partition coefficient (Wildman–Crippen LogP) is 4.61. The molecule has 0 unspecified atom stereocenters. The van der Waals surface area contributed by atoms with Gasteiger partial charge < -0.3 is 10.3 Å². The topological polar surface area (TPSA) is 64.9 Å². The van der Waals surface area contributed by atoms with Crippen molar-refractivity contribution in [2.24, 2.45) is 0 Å². The van der Waals surface area contributed by atoms with E-state index in [9.17, 15) is 0 Å². The van der Waals surface area contributed by atoms with Gasteiger partial charge in [0.25, 0.3) is 0 Å². The van der Waals surface area contributed by atoms with Crippen molar-refractivity contribution >= 4 is 5.69 Å². The van der Waals surface area contributed by atoms with Gasteiger partial charge in [0.2, 0.25) is 11.7 Å². The lowest BCUT2D eigenvalue weighted by molar-refractivity contribution is 0.373. The molecule has 21 heavy (non-hydrogen) atoms. The van der Waals surface area contributed by atoms with Crippen molar-refractivity contribution in [3.8, 4) is 11.4 Å². The quantitative estimate of drug-likeness (QED) is 0.540. The van der Waals surface area contributed by atoms with Crippen LogP contribution in [0.25, 0.3) is 11.4 Å². The summed E-state index contributed by atoms with van der Waals surface area (Å²) >= 11 is 0. The number of aryl methyl sites for hydroxylation is 1. The minimum absolute atomic E-state index is 0.625. The lowest BCUT2D eigenvalue weighted by Crippen LogP contribution is -1.88. The Bertz CT molecular complexity index is 536. The van der Waals surface area contributed by atoms with E-state index in [1.165, 1.54) is 38.5 Å². The van der Waals surface area contributed by atoms with E-state index in [2.05, 4.69) is 17.1 Å². The molecule has 0 radical (unpaired) electrons. The number of nitrogen functional groups attached to an aromatic ring is 1. The van der Waals surface area contributed by atoms with Crippen LogP contribution in [0.2, 0.25) is 0 Å². The number of anilines is 1. The first-order valence-corrected chi connectivity index (χ1v) is 7.98. The van der Waals surface area contributed by atoms with E-state index in [-0.39, 0.29) is 0 Å². The summed E-state index contributed by atoms with van der Waals surface area (Å²) in [5, 5.41) is 4.03. The summed E-state index contributed by atoms with van der Waals surface area (Å²) in [6.07, 6.45) is 9.87. The molecule has 2 rings (SSSR count). The molecule has 0 amide bonds. The van der Waals surface area contributed by atoms with Crippen LogP contribution in [-0.4, -0.2) is 10.1 Å². The third kappa shape index (κ3) is 5.21. The molecule has 114 valence electrons. The van der Waals surface area contributed by atoms with E-state index >= 15 is 0 Å². The second-order valence-corrected chi connectivity index (χ2v) is 5.51. The van der Waals surface area contributed by atoms with E-state index in [0.717, 1.165) is 24.3 Å². The number of hydrogen-bond donors (Lipinski definition) is 1. The second kappa shape index (κ2) is 8.45. The fourth-order valence-corrected chi connectivity index (χ4v) is 2.38. The lowest BCUT2D eigenvalue weighted by Gasteiger charge is -1.98. The molecule has 0 aliphatic heterocycles. The molecule has 1 aromatic carbocycles. The minimum Gasteiger partial charge on any atom is -0.399 e. The van der Waals surface area contributed by atoms with Crippen LogP contribution < -0.4 is 5.73 Å². The molecule has 0 atom stereocenters. The number of unbranched alkanes of at least 4 members (excludes halogenated alkanes) is 6. The number of nitrogens with two attached hydrogens (primary N) is 1. The highest BCUT2D eigenvalue weighted by Crippen LogP contribution is 2.19. The lowest BCUT2D eigenvalue weighted by atomic mass is 10.1. The van der Waals surface area contributed by atoms with E-state index in [4.69, 9.17) is 10.3 Å². The molecule has 0 aliphatic rings. The van der Waals surface area contributed by atoms with Crippen LogP contribution >= 0.6 is 0 Å². The Hall–Kier alpha value is -1.84. The standard InChI is InChI=1S/C17H25N3O/c1-2-3-4-5-6-7-8-12-16-19-17(20-21-16)14-10-9-11-15(18)13-14/h9-11,13H,2-8,12,18H2,1H3. The molecule has 0 saturated carbocycles. The molecule has 1 aromatic heterocycles. The summed E-state index contributed by atoms with van der Waals surface area (Å²) in [7, 11) is 0. The maximum atomic E-state index is 5.76. The summed E-state index contributed by atoms with van der Waals surface area (Å²) in [6, 6.07) is 7.56.